The summed E-state index contributed by atoms with van der Waals surface area (Å²) < 4.78 is 38.0. The van der Waals surface area contributed by atoms with Crippen LogP contribution >= 0.6 is 11.6 Å². The largest absolute Gasteiger partial charge is 0.493 e. The van der Waals surface area contributed by atoms with Gasteiger partial charge in [0.25, 0.3) is 0 Å². The van der Waals surface area contributed by atoms with Gasteiger partial charge in [0.15, 0.2) is 11.5 Å². The minimum absolute atomic E-state index is 0.00272. The van der Waals surface area contributed by atoms with Crippen molar-refractivity contribution in [3.63, 3.8) is 0 Å². The molecule has 2 fully saturated rings. The summed E-state index contributed by atoms with van der Waals surface area (Å²) in [4.78, 5) is 14.9. The summed E-state index contributed by atoms with van der Waals surface area (Å²) in [5, 5.41) is 0.665. The number of rotatable bonds is 6. The Balaban J connectivity index is 1.36. The van der Waals surface area contributed by atoms with Gasteiger partial charge in [-0.3, -0.25) is 4.79 Å². The number of hydrogen-bond donors (Lipinski definition) is 2. The molecule has 2 atom stereocenters. The summed E-state index contributed by atoms with van der Waals surface area (Å²) in [6, 6.07) is 11.7. The van der Waals surface area contributed by atoms with E-state index >= 15 is 0 Å². The summed E-state index contributed by atoms with van der Waals surface area (Å²) in [6.45, 7) is 1.11. The first-order valence-electron chi connectivity index (χ1n) is 10.6. The fourth-order valence-electron chi connectivity index (χ4n) is 4.13. The van der Waals surface area contributed by atoms with E-state index in [1.807, 2.05) is 24.3 Å². The van der Waals surface area contributed by atoms with Gasteiger partial charge in [0, 0.05) is 43.3 Å². The minimum Gasteiger partial charge on any atom is -0.493 e. The first kappa shape index (κ1) is 23.8. The molecule has 0 radical (unpaired) electrons. The third-order valence-electron chi connectivity index (χ3n) is 6.02. The molecule has 0 bridgehead atoms. The van der Waals surface area contributed by atoms with Crippen LogP contribution in [0.25, 0.3) is 0 Å². The van der Waals surface area contributed by atoms with E-state index < -0.39 is 10.0 Å². The van der Waals surface area contributed by atoms with Gasteiger partial charge >= 0.3 is 0 Å². The smallest absolute Gasteiger partial charge is 0.243 e. The monoisotopic (exact) mass is 494 g/mol. The molecule has 2 aliphatic heterocycles. The Hall–Kier alpha value is -2.37. The van der Waals surface area contributed by atoms with Crippen LogP contribution in [0.5, 0.6) is 11.5 Å². The first-order chi connectivity index (χ1) is 15.8. The van der Waals surface area contributed by atoms with Gasteiger partial charge in [-0.1, -0.05) is 23.7 Å². The zero-order valence-electron chi connectivity index (χ0n) is 18.5. The maximum absolute atomic E-state index is 13.1. The Bertz CT molecular complexity index is 1100. The van der Waals surface area contributed by atoms with E-state index in [0.29, 0.717) is 36.0 Å². The summed E-state index contributed by atoms with van der Waals surface area (Å²) >= 11 is 5.96. The van der Waals surface area contributed by atoms with E-state index in [4.69, 9.17) is 21.1 Å². The Labute approximate surface area is 198 Å². The number of nitrogens with zero attached hydrogens (tertiary/aromatic N) is 2. The van der Waals surface area contributed by atoms with E-state index in [9.17, 15) is 13.2 Å². The number of amides is 1. The Morgan fingerprint density at radius 3 is 2.27 bits per heavy atom. The number of sulfonamides is 1. The number of nitrogens with one attached hydrogen (secondary N) is 2. The quantitative estimate of drug-likeness (QED) is 0.631. The highest BCUT2D eigenvalue weighted by Crippen LogP contribution is 2.31. The van der Waals surface area contributed by atoms with Gasteiger partial charge in [-0.05, 0) is 36.2 Å². The highest BCUT2D eigenvalue weighted by Gasteiger charge is 2.36. The zero-order chi connectivity index (χ0) is 23.6. The second kappa shape index (κ2) is 9.86. The number of ether oxygens (including phenoxy) is 2. The van der Waals surface area contributed by atoms with Crippen LogP contribution in [0.15, 0.2) is 47.4 Å². The van der Waals surface area contributed by atoms with Crippen LogP contribution in [-0.4, -0.2) is 70.0 Å². The van der Waals surface area contributed by atoms with Crippen molar-refractivity contribution in [3.8, 4) is 11.5 Å². The predicted octanol–water partition coefficient (Wildman–Crippen LogP) is 1.80. The van der Waals surface area contributed by atoms with Gasteiger partial charge in [0.1, 0.15) is 6.04 Å². The molecule has 2 aromatic rings. The normalized spacial score (nSPS) is 21.7. The molecule has 33 heavy (non-hydrogen) atoms. The fraction of sp³-hybridized carbons (Fsp3) is 0.409. The average molecular weight is 495 g/mol. The molecule has 178 valence electrons. The lowest BCUT2D eigenvalue weighted by Gasteiger charge is -2.35. The highest BCUT2D eigenvalue weighted by atomic mass is 35.5. The van der Waals surface area contributed by atoms with Gasteiger partial charge in [-0.25, -0.2) is 19.3 Å². The molecule has 2 aromatic carbocycles. The second-order valence-electron chi connectivity index (χ2n) is 7.93. The molecule has 2 saturated heterocycles. The third kappa shape index (κ3) is 4.95. The maximum atomic E-state index is 13.1. The molecular weight excluding hydrogens is 468 g/mol. The van der Waals surface area contributed by atoms with Crippen LogP contribution in [0, 0.1) is 0 Å². The van der Waals surface area contributed by atoms with E-state index in [1.54, 1.807) is 11.0 Å². The minimum atomic E-state index is -3.72. The van der Waals surface area contributed by atoms with Gasteiger partial charge < -0.3 is 14.4 Å². The van der Waals surface area contributed by atoms with Gasteiger partial charge in [-0.15, -0.1) is 0 Å². The molecule has 9 nitrogen and oxygen atoms in total. The second-order valence-corrected chi connectivity index (χ2v) is 10.3. The van der Waals surface area contributed by atoms with Crippen molar-refractivity contribution >= 4 is 27.5 Å². The Morgan fingerprint density at radius 2 is 1.64 bits per heavy atom. The lowest BCUT2D eigenvalue weighted by atomic mass is 10.0. The molecular formula is C22H27ClN4O5S. The molecule has 0 saturated carbocycles. The first-order valence-corrected chi connectivity index (χ1v) is 12.4. The van der Waals surface area contributed by atoms with Crippen molar-refractivity contribution in [2.45, 2.75) is 23.4 Å². The number of hydrazine groups is 1. The van der Waals surface area contributed by atoms with E-state index in [1.165, 1.54) is 30.7 Å². The molecule has 2 heterocycles. The Kier molecular flexibility index (Phi) is 7.10. The Morgan fingerprint density at radius 1 is 0.970 bits per heavy atom. The van der Waals surface area contributed by atoms with Gasteiger partial charge in [0.2, 0.25) is 15.9 Å². The van der Waals surface area contributed by atoms with Gasteiger partial charge in [0.05, 0.1) is 19.1 Å². The summed E-state index contributed by atoms with van der Waals surface area (Å²) in [5.41, 5.74) is 7.29. The standard InChI is InChI=1S/C22H27ClN4O5S/c1-31-20-8-7-17(13-21(20)32-2)33(29,30)27-11-9-26(10-12-27)22(28)19-14-18(24-25-19)15-3-5-16(23)6-4-15/h3-8,13,18-19,24-25H,9-12,14H2,1-2H3. The number of hydrogen-bond acceptors (Lipinski definition) is 7. The molecule has 11 heteroatoms. The fourth-order valence-corrected chi connectivity index (χ4v) is 5.69. The molecule has 2 unspecified atom stereocenters. The third-order valence-corrected chi connectivity index (χ3v) is 8.16. The highest BCUT2D eigenvalue weighted by molar-refractivity contribution is 7.89. The van der Waals surface area contributed by atoms with Crippen LogP contribution in [-0.2, 0) is 14.8 Å². The summed E-state index contributed by atoms with van der Waals surface area (Å²) in [5.74, 6) is 0.769. The number of methoxy groups -OCH3 is 2. The molecule has 2 N–H and O–H groups in total. The van der Waals surface area contributed by atoms with Crippen molar-refractivity contribution < 1.29 is 22.7 Å². The van der Waals surface area contributed by atoms with Crippen molar-refractivity contribution in [1.29, 1.82) is 0 Å². The average Bonchev–Trinajstić information content (AvgIpc) is 3.34. The predicted molar refractivity (Wildman–Crippen MR) is 124 cm³/mol. The topological polar surface area (TPSA) is 100 Å². The molecule has 0 aliphatic carbocycles. The number of carbonyl (C=O) groups is 1. The molecule has 4 rings (SSSR count). The molecule has 2 aliphatic rings. The number of carbonyl (C=O) groups excluding carboxylic acids is 1. The molecule has 0 spiro atoms. The van der Waals surface area contributed by atoms with Crippen LogP contribution in [0.4, 0.5) is 0 Å². The molecule has 0 aromatic heterocycles. The van der Waals surface area contributed by atoms with Crippen LogP contribution in [0.3, 0.4) is 0 Å². The SMILES string of the molecule is COc1ccc(S(=O)(=O)N2CCN(C(=O)C3CC(c4ccc(Cl)cc4)NN3)CC2)cc1OC. The van der Waals surface area contributed by atoms with Crippen LogP contribution < -0.4 is 20.3 Å². The van der Waals surface area contributed by atoms with E-state index in [0.717, 1.165) is 5.56 Å². The lowest BCUT2D eigenvalue weighted by Crippen LogP contribution is -2.54. The van der Waals surface area contributed by atoms with Crippen molar-refractivity contribution in [2.75, 3.05) is 40.4 Å². The van der Waals surface area contributed by atoms with E-state index in [-0.39, 0.29) is 36.0 Å². The van der Waals surface area contributed by atoms with Crippen LogP contribution in [0.2, 0.25) is 5.02 Å². The van der Waals surface area contributed by atoms with Gasteiger partial charge in [-0.2, -0.15) is 4.31 Å². The maximum Gasteiger partial charge on any atom is 0.243 e. The van der Waals surface area contributed by atoms with Crippen molar-refractivity contribution in [1.82, 2.24) is 20.1 Å². The van der Waals surface area contributed by atoms with E-state index in [2.05, 4.69) is 10.9 Å². The zero-order valence-corrected chi connectivity index (χ0v) is 20.0. The summed E-state index contributed by atoms with van der Waals surface area (Å²) in [7, 11) is -0.760. The summed E-state index contributed by atoms with van der Waals surface area (Å²) in [6.07, 6.45) is 0.602. The molecule has 1 amide bonds. The van der Waals surface area contributed by atoms with Crippen LogP contribution in [0.1, 0.15) is 18.0 Å². The van der Waals surface area contributed by atoms with Crippen molar-refractivity contribution in [2.24, 2.45) is 0 Å². The van der Waals surface area contributed by atoms with Crippen molar-refractivity contribution in [3.05, 3.63) is 53.1 Å². The number of halogens is 1. The lowest BCUT2D eigenvalue weighted by molar-refractivity contribution is -0.134. The number of piperazine rings is 1. The number of benzene rings is 2.